The third-order valence-electron chi connectivity index (χ3n) is 14.1. The molecule has 5 aromatic carbocycles. The molecule has 5 aromatic rings. The molecule has 349 valence electrons. The van der Waals surface area contributed by atoms with Crippen LogP contribution in [0.25, 0.3) is 16.8 Å². The Morgan fingerprint density at radius 3 is 1.72 bits per heavy atom. The van der Waals surface area contributed by atoms with Crippen LogP contribution in [0.1, 0.15) is 105 Å². The quantitative estimate of drug-likeness (QED) is 0.0803. The van der Waals surface area contributed by atoms with Crippen molar-refractivity contribution in [2.24, 2.45) is 0 Å². The van der Waals surface area contributed by atoms with E-state index in [9.17, 15) is 5.11 Å². The summed E-state index contributed by atoms with van der Waals surface area (Å²) in [6, 6.07) is 46.4. The van der Waals surface area contributed by atoms with Crippen LogP contribution in [0.5, 0.6) is 0 Å². The van der Waals surface area contributed by atoms with E-state index in [2.05, 4.69) is 192 Å². The predicted molar refractivity (Wildman–Crippen MR) is 286 cm³/mol. The lowest BCUT2D eigenvalue weighted by Crippen LogP contribution is -2.49. The third kappa shape index (κ3) is 9.19. The molecule has 6 N–H and O–H groups in total. The highest BCUT2D eigenvalue weighted by atomic mass is 32.2. The number of rotatable bonds is 9. The van der Waals surface area contributed by atoms with Crippen LogP contribution in [0, 0.1) is 0 Å². The van der Waals surface area contributed by atoms with Crippen LogP contribution in [-0.4, -0.2) is 48.8 Å². The summed E-state index contributed by atoms with van der Waals surface area (Å²) >= 11 is 3.67. The minimum Gasteiger partial charge on any atom is -0.427 e. The Morgan fingerprint density at radius 1 is 0.662 bits per heavy atom. The Hall–Kier alpha value is -5.56. The molecule has 5 aliphatic heterocycles. The third-order valence-corrected chi connectivity index (χ3v) is 16.6. The van der Waals surface area contributed by atoms with Crippen molar-refractivity contribution in [2.75, 3.05) is 20.1 Å². The molecular formula is C57H64BN6O2S2. The normalized spacial score (nSPS) is 22.0. The summed E-state index contributed by atoms with van der Waals surface area (Å²) in [5, 5.41) is 31.2. The van der Waals surface area contributed by atoms with Crippen LogP contribution < -0.4 is 32.0 Å². The monoisotopic (exact) mass is 939 g/mol. The van der Waals surface area contributed by atoms with Crippen LogP contribution in [0.3, 0.4) is 0 Å². The van der Waals surface area contributed by atoms with Gasteiger partial charge in [0.05, 0.1) is 38.7 Å². The van der Waals surface area contributed by atoms with E-state index in [1.807, 2.05) is 37.7 Å². The number of nitrogens with one attached hydrogen (secondary N) is 5. The second-order valence-electron chi connectivity index (χ2n) is 19.5. The standard InChI is InChI=1S/C38H36N4S.C18H24BN2O2S.CH4/c1-38(2)30-13-8-7-12-29(30)34-32(38)33(41-35(42(34)3)27-10-5-4-6-11-27)26-19-15-24(16-20-26)25-17-21-28(22-18-25)36-40-31-14-9-23-39-37(31)43-36;1-17(2,22)18(3,4)23-19-13-9-7-12(8-10-13)15-21-14-6-5-11-20-16(14)24-15;/h4-22,33,35-36,39-41H,23H2,1-3H3;5-10,15,20-22H,11H2,1-4H3;1H4. The molecule has 5 heterocycles. The summed E-state index contributed by atoms with van der Waals surface area (Å²) < 4.78 is 5.80. The molecule has 4 unspecified atom stereocenters. The smallest absolute Gasteiger partial charge is 0.330 e. The van der Waals surface area contributed by atoms with Crippen molar-refractivity contribution in [1.29, 1.82) is 0 Å². The lowest BCUT2D eigenvalue weighted by atomic mass is 9.76. The average Bonchev–Trinajstić information content (AvgIpc) is 4.05. The highest BCUT2D eigenvalue weighted by Gasteiger charge is 2.47. The molecule has 11 rings (SSSR count). The Bertz CT molecular complexity index is 2790. The zero-order valence-electron chi connectivity index (χ0n) is 39.4. The number of aliphatic hydroxyl groups is 1. The topological polar surface area (TPSA) is 92.9 Å². The molecule has 8 nitrogen and oxygen atoms in total. The van der Waals surface area contributed by atoms with Gasteiger partial charge >= 0.3 is 7.48 Å². The number of nitrogens with zero attached hydrogens (tertiary/aromatic N) is 1. The fourth-order valence-electron chi connectivity index (χ4n) is 9.54. The molecule has 0 amide bonds. The van der Waals surface area contributed by atoms with E-state index in [4.69, 9.17) is 4.65 Å². The van der Waals surface area contributed by atoms with E-state index in [0.717, 1.165) is 18.6 Å². The maximum absolute atomic E-state index is 10.1. The van der Waals surface area contributed by atoms with Crippen molar-refractivity contribution < 1.29 is 9.76 Å². The molecular weight excluding hydrogens is 876 g/mol. The van der Waals surface area contributed by atoms with Gasteiger partial charge in [0.1, 0.15) is 16.9 Å². The van der Waals surface area contributed by atoms with Crippen molar-refractivity contribution in [3.05, 3.63) is 212 Å². The van der Waals surface area contributed by atoms with E-state index < -0.39 is 11.2 Å². The van der Waals surface area contributed by atoms with Crippen molar-refractivity contribution in [3.63, 3.8) is 0 Å². The molecule has 68 heavy (non-hydrogen) atoms. The minimum absolute atomic E-state index is 0. The van der Waals surface area contributed by atoms with Gasteiger partial charge in [-0.15, -0.1) is 0 Å². The fraction of sp³-hybridized carbons (Fsp3) is 0.298. The summed E-state index contributed by atoms with van der Waals surface area (Å²) in [6.07, 6.45) is 8.67. The molecule has 0 saturated carbocycles. The van der Waals surface area contributed by atoms with Gasteiger partial charge in [-0.2, -0.15) is 0 Å². The van der Waals surface area contributed by atoms with Gasteiger partial charge in [0, 0.05) is 36.8 Å². The minimum atomic E-state index is -0.918. The molecule has 1 radical (unpaired) electrons. The van der Waals surface area contributed by atoms with E-state index in [0.29, 0.717) is 0 Å². The van der Waals surface area contributed by atoms with Crippen LogP contribution in [-0.2, 0) is 10.1 Å². The first-order valence-corrected chi connectivity index (χ1v) is 25.1. The first-order chi connectivity index (χ1) is 32.2. The number of allylic oxidation sites excluding steroid dienone is 2. The Kier molecular flexibility index (Phi) is 13.3. The van der Waals surface area contributed by atoms with Crippen molar-refractivity contribution >= 4 is 42.2 Å². The van der Waals surface area contributed by atoms with Gasteiger partial charge in [-0.05, 0) is 84.4 Å². The summed E-state index contributed by atoms with van der Waals surface area (Å²) in [5.74, 6) is 0. The van der Waals surface area contributed by atoms with Gasteiger partial charge in [-0.25, -0.2) is 0 Å². The second-order valence-corrected chi connectivity index (χ2v) is 21.7. The Morgan fingerprint density at radius 2 is 1.18 bits per heavy atom. The number of dihydropyridines is 2. The van der Waals surface area contributed by atoms with Crippen LogP contribution >= 0.6 is 23.5 Å². The first-order valence-electron chi connectivity index (χ1n) is 23.3. The van der Waals surface area contributed by atoms with Gasteiger partial charge < -0.3 is 35.9 Å². The van der Waals surface area contributed by atoms with E-state index in [1.165, 1.54) is 77.2 Å². The van der Waals surface area contributed by atoms with Gasteiger partial charge in [-0.1, -0.05) is 190 Å². The molecule has 0 spiro atoms. The molecule has 0 aromatic heterocycles. The molecule has 0 saturated heterocycles. The number of hydrogen-bond acceptors (Lipinski definition) is 10. The van der Waals surface area contributed by atoms with Crippen LogP contribution in [0.4, 0.5) is 0 Å². The summed E-state index contributed by atoms with van der Waals surface area (Å²) in [5.41, 5.74) is 14.8. The SMILES string of the molecule is C.CC(C)(O)C(C)(C)O[B]c1ccc(C2NC3=C(NCC=C3)S2)cc1.CN1C2=C(C(c3ccc(-c4ccc(C5NC6=C(NCC=C6)S5)cc4)cc3)NC1c1ccccc1)C(C)(C)c1ccccc12. The number of benzene rings is 5. The molecule has 4 atom stereocenters. The molecule has 11 heteroatoms. The van der Waals surface area contributed by atoms with Gasteiger partial charge in [0.2, 0.25) is 0 Å². The Labute approximate surface area is 413 Å². The first kappa shape index (κ1) is 47.5. The van der Waals surface area contributed by atoms with Crippen LogP contribution in [0.15, 0.2) is 179 Å². The highest BCUT2D eigenvalue weighted by molar-refractivity contribution is 8.03. The van der Waals surface area contributed by atoms with Crippen molar-refractivity contribution in [3.8, 4) is 11.1 Å². The lowest BCUT2D eigenvalue weighted by molar-refractivity contribution is -0.0893. The van der Waals surface area contributed by atoms with Gasteiger partial charge in [0.15, 0.2) is 0 Å². The maximum Gasteiger partial charge on any atom is 0.330 e. The van der Waals surface area contributed by atoms with E-state index >= 15 is 0 Å². The van der Waals surface area contributed by atoms with Crippen LogP contribution in [0.2, 0.25) is 0 Å². The van der Waals surface area contributed by atoms with Gasteiger partial charge in [0.25, 0.3) is 0 Å². The summed E-state index contributed by atoms with van der Waals surface area (Å²) in [7, 11) is 3.95. The number of hydrogen-bond donors (Lipinski definition) is 6. The second kappa shape index (κ2) is 19.1. The number of thioether (sulfide) groups is 2. The average molecular weight is 940 g/mol. The van der Waals surface area contributed by atoms with E-state index in [1.54, 1.807) is 33.1 Å². The summed E-state index contributed by atoms with van der Waals surface area (Å²) in [6.45, 7) is 13.8. The summed E-state index contributed by atoms with van der Waals surface area (Å²) in [4.78, 5) is 2.44. The molecule has 6 aliphatic rings. The molecule has 1 aliphatic carbocycles. The largest absolute Gasteiger partial charge is 0.427 e. The highest BCUT2D eigenvalue weighted by Crippen LogP contribution is 2.55. The van der Waals surface area contributed by atoms with Gasteiger partial charge in [-0.3, -0.25) is 5.32 Å². The van der Waals surface area contributed by atoms with Crippen molar-refractivity contribution in [2.45, 2.75) is 88.5 Å². The molecule has 0 fully saturated rings. The zero-order chi connectivity index (χ0) is 46.5. The van der Waals surface area contributed by atoms with Crippen molar-refractivity contribution in [1.82, 2.24) is 31.5 Å². The fourth-order valence-corrected chi connectivity index (χ4v) is 11.8. The zero-order valence-corrected chi connectivity index (χ0v) is 41.0. The predicted octanol–water partition coefficient (Wildman–Crippen LogP) is 10.8. The maximum atomic E-state index is 10.1. The van der Waals surface area contributed by atoms with E-state index in [-0.39, 0.29) is 35.8 Å². The Balaban J connectivity index is 0.000000197. The number of fused-ring (bicyclic) bond motifs is 2. The lowest BCUT2D eigenvalue weighted by Gasteiger charge is -2.44. The molecule has 0 bridgehead atoms.